The normalized spacial score (nSPS) is 22.4. The Hall–Kier alpha value is -1.55. The fourth-order valence-electron chi connectivity index (χ4n) is 2.68. The average molecular weight is 276 g/mol. The van der Waals surface area contributed by atoms with Crippen molar-refractivity contribution in [3.8, 4) is 5.75 Å². The van der Waals surface area contributed by atoms with Crippen LogP contribution in [0.4, 0.5) is 0 Å². The lowest BCUT2D eigenvalue weighted by molar-refractivity contribution is -0.133. The van der Waals surface area contributed by atoms with E-state index >= 15 is 0 Å². The lowest BCUT2D eigenvalue weighted by Crippen LogP contribution is -2.48. The van der Waals surface area contributed by atoms with Crippen LogP contribution in [0.3, 0.4) is 0 Å². The summed E-state index contributed by atoms with van der Waals surface area (Å²) >= 11 is 0. The highest BCUT2D eigenvalue weighted by atomic mass is 16.5. The van der Waals surface area contributed by atoms with Crippen molar-refractivity contribution in [1.29, 1.82) is 0 Å². The van der Waals surface area contributed by atoms with Crippen LogP contribution in [0.25, 0.3) is 0 Å². The number of likely N-dealkylation sites (N-methyl/N-ethyl adjacent to an activating group) is 1. The number of rotatable bonds is 4. The van der Waals surface area contributed by atoms with Crippen LogP contribution in [0.15, 0.2) is 24.3 Å². The van der Waals surface area contributed by atoms with Crippen molar-refractivity contribution < 1.29 is 9.53 Å². The van der Waals surface area contributed by atoms with Crippen molar-refractivity contribution in [2.75, 3.05) is 20.7 Å². The Balaban J connectivity index is 1.96. The molecule has 1 N–H and O–H groups in total. The van der Waals surface area contributed by atoms with Crippen molar-refractivity contribution in [2.45, 2.75) is 32.4 Å². The van der Waals surface area contributed by atoms with E-state index < -0.39 is 0 Å². The first kappa shape index (κ1) is 14.9. The van der Waals surface area contributed by atoms with E-state index in [1.165, 1.54) is 0 Å². The SMILES string of the molecule is COc1cccc(CN(C)C(=O)C2CC(C)CCN2)c1. The molecule has 0 aromatic heterocycles. The number of carbonyl (C=O) groups excluding carboxylic acids is 1. The van der Waals surface area contributed by atoms with Crippen LogP contribution in [-0.2, 0) is 11.3 Å². The molecular weight excluding hydrogens is 252 g/mol. The first-order valence-corrected chi connectivity index (χ1v) is 7.21. The third-order valence-corrected chi connectivity index (χ3v) is 3.89. The summed E-state index contributed by atoms with van der Waals surface area (Å²) in [6.07, 6.45) is 2.09. The first-order valence-electron chi connectivity index (χ1n) is 7.21. The molecule has 0 spiro atoms. The molecule has 0 bridgehead atoms. The van der Waals surface area contributed by atoms with Gasteiger partial charge >= 0.3 is 0 Å². The number of piperidine rings is 1. The van der Waals surface area contributed by atoms with E-state index in [0.717, 1.165) is 30.7 Å². The summed E-state index contributed by atoms with van der Waals surface area (Å²) in [6.45, 7) is 3.76. The topological polar surface area (TPSA) is 41.6 Å². The van der Waals surface area contributed by atoms with Crippen LogP contribution in [-0.4, -0.2) is 37.6 Å². The highest BCUT2D eigenvalue weighted by Crippen LogP contribution is 2.18. The van der Waals surface area contributed by atoms with Crippen LogP contribution in [0.2, 0.25) is 0 Å². The predicted octanol–water partition coefficient (Wildman–Crippen LogP) is 2.04. The standard InChI is InChI=1S/C16H24N2O2/c1-12-7-8-17-15(9-12)16(19)18(2)11-13-5-4-6-14(10-13)20-3/h4-6,10,12,15,17H,7-9,11H2,1-3H3. The number of carbonyl (C=O) groups is 1. The lowest BCUT2D eigenvalue weighted by Gasteiger charge is -2.30. The molecule has 2 atom stereocenters. The molecule has 1 aliphatic rings. The van der Waals surface area contributed by atoms with E-state index in [2.05, 4.69) is 12.2 Å². The quantitative estimate of drug-likeness (QED) is 0.915. The van der Waals surface area contributed by atoms with Gasteiger partial charge in [-0.1, -0.05) is 19.1 Å². The molecule has 0 saturated carbocycles. The molecule has 1 saturated heterocycles. The van der Waals surface area contributed by atoms with Crippen LogP contribution in [0.1, 0.15) is 25.3 Å². The lowest BCUT2D eigenvalue weighted by atomic mass is 9.93. The van der Waals surface area contributed by atoms with Crippen molar-refractivity contribution in [3.63, 3.8) is 0 Å². The molecule has 1 fully saturated rings. The number of amides is 1. The van der Waals surface area contributed by atoms with E-state index in [0.29, 0.717) is 12.5 Å². The number of hydrogen-bond donors (Lipinski definition) is 1. The maximum atomic E-state index is 12.4. The number of nitrogens with zero attached hydrogens (tertiary/aromatic N) is 1. The second-order valence-corrected chi connectivity index (χ2v) is 5.68. The van der Waals surface area contributed by atoms with Gasteiger partial charge in [0.05, 0.1) is 13.2 Å². The summed E-state index contributed by atoms with van der Waals surface area (Å²) in [4.78, 5) is 14.2. The maximum absolute atomic E-state index is 12.4. The predicted molar refractivity (Wildman–Crippen MR) is 79.7 cm³/mol. The fraction of sp³-hybridized carbons (Fsp3) is 0.562. The van der Waals surface area contributed by atoms with Gasteiger partial charge in [0.2, 0.25) is 5.91 Å². The zero-order valence-electron chi connectivity index (χ0n) is 12.6. The highest BCUT2D eigenvalue weighted by Gasteiger charge is 2.26. The number of ether oxygens (including phenoxy) is 1. The van der Waals surface area contributed by atoms with Crippen molar-refractivity contribution in [2.24, 2.45) is 5.92 Å². The Morgan fingerprint density at radius 1 is 1.50 bits per heavy atom. The van der Waals surface area contributed by atoms with Gasteiger partial charge in [-0.3, -0.25) is 4.79 Å². The third-order valence-electron chi connectivity index (χ3n) is 3.89. The molecule has 0 aliphatic carbocycles. The van der Waals surface area contributed by atoms with Gasteiger partial charge < -0.3 is 15.0 Å². The Bertz CT molecular complexity index is 462. The summed E-state index contributed by atoms with van der Waals surface area (Å²) in [7, 11) is 3.52. The monoisotopic (exact) mass is 276 g/mol. The third kappa shape index (κ3) is 3.73. The van der Waals surface area contributed by atoms with Gasteiger partial charge in [-0.15, -0.1) is 0 Å². The Labute approximate surface area is 121 Å². The van der Waals surface area contributed by atoms with Crippen LogP contribution in [0, 0.1) is 5.92 Å². The van der Waals surface area contributed by atoms with Crippen LogP contribution in [0.5, 0.6) is 5.75 Å². The largest absolute Gasteiger partial charge is 0.497 e. The smallest absolute Gasteiger partial charge is 0.239 e. The van der Waals surface area contributed by atoms with E-state index in [9.17, 15) is 4.79 Å². The summed E-state index contributed by atoms with van der Waals surface area (Å²) in [6, 6.07) is 7.82. The minimum atomic E-state index is -0.0330. The van der Waals surface area contributed by atoms with Crippen LogP contribution < -0.4 is 10.1 Å². The zero-order valence-corrected chi connectivity index (χ0v) is 12.6. The van der Waals surface area contributed by atoms with E-state index in [-0.39, 0.29) is 11.9 Å². The number of benzene rings is 1. The average Bonchev–Trinajstić information content (AvgIpc) is 2.46. The minimum absolute atomic E-state index is 0.0330. The molecular formula is C16H24N2O2. The van der Waals surface area contributed by atoms with Crippen molar-refractivity contribution in [3.05, 3.63) is 29.8 Å². The van der Waals surface area contributed by atoms with E-state index in [1.807, 2.05) is 31.3 Å². The first-order chi connectivity index (χ1) is 9.60. The van der Waals surface area contributed by atoms with Crippen molar-refractivity contribution >= 4 is 5.91 Å². The fourth-order valence-corrected chi connectivity index (χ4v) is 2.68. The minimum Gasteiger partial charge on any atom is -0.497 e. The number of methoxy groups -OCH3 is 1. The van der Waals surface area contributed by atoms with Gasteiger partial charge in [0.15, 0.2) is 0 Å². The van der Waals surface area contributed by atoms with E-state index in [1.54, 1.807) is 12.0 Å². The maximum Gasteiger partial charge on any atom is 0.239 e. The van der Waals surface area contributed by atoms with Gasteiger partial charge in [-0.05, 0) is 43.0 Å². The Morgan fingerprint density at radius 2 is 2.30 bits per heavy atom. The molecule has 1 amide bonds. The van der Waals surface area contributed by atoms with Crippen LogP contribution >= 0.6 is 0 Å². The Morgan fingerprint density at radius 3 is 3.00 bits per heavy atom. The number of nitrogens with one attached hydrogen (secondary N) is 1. The molecule has 1 heterocycles. The Kier molecular flexibility index (Phi) is 5.01. The molecule has 110 valence electrons. The molecule has 20 heavy (non-hydrogen) atoms. The van der Waals surface area contributed by atoms with Gasteiger partial charge in [0, 0.05) is 13.6 Å². The van der Waals surface area contributed by atoms with E-state index in [4.69, 9.17) is 4.74 Å². The molecule has 0 radical (unpaired) electrons. The van der Waals surface area contributed by atoms with Gasteiger partial charge in [0.1, 0.15) is 5.75 Å². The second-order valence-electron chi connectivity index (χ2n) is 5.68. The molecule has 1 aromatic carbocycles. The summed E-state index contributed by atoms with van der Waals surface area (Å²) < 4.78 is 5.21. The summed E-state index contributed by atoms with van der Waals surface area (Å²) in [5.74, 6) is 1.63. The second kappa shape index (κ2) is 6.75. The van der Waals surface area contributed by atoms with Gasteiger partial charge in [-0.2, -0.15) is 0 Å². The summed E-state index contributed by atoms with van der Waals surface area (Å²) in [5, 5.41) is 3.32. The van der Waals surface area contributed by atoms with Gasteiger partial charge in [-0.25, -0.2) is 0 Å². The molecule has 2 rings (SSSR count). The molecule has 4 nitrogen and oxygen atoms in total. The highest BCUT2D eigenvalue weighted by molar-refractivity contribution is 5.81. The zero-order chi connectivity index (χ0) is 14.5. The van der Waals surface area contributed by atoms with Gasteiger partial charge in [0.25, 0.3) is 0 Å². The summed E-state index contributed by atoms with van der Waals surface area (Å²) in [5.41, 5.74) is 1.09. The molecule has 2 unspecified atom stereocenters. The molecule has 1 aromatic rings. The number of hydrogen-bond acceptors (Lipinski definition) is 3. The molecule has 1 aliphatic heterocycles. The molecule has 4 heteroatoms. The van der Waals surface area contributed by atoms with Crippen molar-refractivity contribution in [1.82, 2.24) is 10.2 Å².